The van der Waals surface area contributed by atoms with E-state index in [2.05, 4.69) is 10.4 Å². The lowest BCUT2D eigenvalue weighted by atomic mass is 10.1. The molecule has 0 saturated carbocycles. The van der Waals surface area contributed by atoms with Gasteiger partial charge < -0.3 is 5.32 Å². The zero-order valence-corrected chi connectivity index (χ0v) is 15.2. The Morgan fingerprint density at radius 1 is 0.821 bits per heavy atom. The molecule has 0 aliphatic carbocycles. The molecule has 0 spiro atoms. The summed E-state index contributed by atoms with van der Waals surface area (Å²) in [6.45, 7) is 0.619. The molecule has 1 aromatic heterocycles. The van der Waals surface area contributed by atoms with E-state index in [4.69, 9.17) is 0 Å². The molecular formula is C23H19N3O2. The first-order valence-corrected chi connectivity index (χ1v) is 9.08. The van der Waals surface area contributed by atoms with Gasteiger partial charge in [0, 0.05) is 10.9 Å². The molecule has 5 nitrogen and oxygen atoms in total. The minimum Gasteiger partial charge on any atom is -0.346 e. The van der Waals surface area contributed by atoms with E-state index in [1.807, 2.05) is 66.7 Å². The molecule has 1 N–H and O–H groups in total. The summed E-state index contributed by atoms with van der Waals surface area (Å²) in [5, 5.41) is 8.80. The van der Waals surface area contributed by atoms with Gasteiger partial charge >= 0.3 is 0 Å². The van der Waals surface area contributed by atoms with Crippen LogP contribution in [0.2, 0.25) is 0 Å². The van der Waals surface area contributed by atoms with E-state index in [1.54, 1.807) is 18.2 Å². The third-order valence-corrected chi connectivity index (χ3v) is 4.57. The second kappa shape index (κ2) is 7.88. The fourth-order valence-corrected chi connectivity index (χ4v) is 3.15. The largest absolute Gasteiger partial charge is 0.346 e. The number of nitrogens with one attached hydrogen (secondary N) is 1. The van der Waals surface area contributed by atoms with Crippen LogP contribution in [0.3, 0.4) is 0 Å². The SMILES string of the molecule is O=C(NCc1nn(Cc2ccccc2)c(=O)c2ccccc12)c1ccccc1. The average molecular weight is 369 g/mol. The number of rotatable bonds is 5. The highest BCUT2D eigenvalue weighted by Gasteiger charge is 2.12. The normalized spacial score (nSPS) is 10.7. The minimum absolute atomic E-state index is 0.141. The quantitative estimate of drug-likeness (QED) is 0.587. The highest BCUT2D eigenvalue weighted by Crippen LogP contribution is 2.14. The summed E-state index contributed by atoms with van der Waals surface area (Å²) in [4.78, 5) is 25.2. The van der Waals surface area contributed by atoms with Crippen molar-refractivity contribution in [2.45, 2.75) is 13.1 Å². The molecule has 0 aliphatic rings. The number of benzene rings is 3. The maximum atomic E-state index is 12.9. The van der Waals surface area contributed by atoms with Gasteiger partial charge in [0.25, 0.3) is 11.5 Å². The fourth-order valence-electron chi connectivity index (χ4n) is 3.15. The Kier molecular flexibility index (Phi) is 4.97. The van der Waals surface area contributed by atoms with Crippen molar-refractivity contribution in [3.8, 4) is 0 Å². The summed E-state index contributed by atoms with van der Waals surface area (Å²) in [5.41, 5.74) is 2.10. The van der Waals surface area contributed by atoms with Gasteiger partial charge in [0.05, 0.1) is 24.2 Å². The van der Waals surface area contributed by atoms with Gasteiger partial charge in [-0.15, -0.1) is 0 Å². The molecular weight excluding hydrogens is 350 g/mol. The molecule has 0 radical (unpaired) electrons. The standard InChI is InChI=1S/C23H19N3O2/c27-22(18-11-5-2-6-12-18)24-15-21-19-13-7-8-14-20(19)23(28)26(25-21)16-17-9-3-1-4-10-17/h1-14H,15-16H2,(H,24,27). The molecule has 4 rings (SSSR count). The molecule has 0 saturated heterocycles. The smallest absolute Gasteiger partial charge is 0.274 e. The van der Waals surface area contributed by atoms with E-state index in [0.717, 1.165) is 10.9 Å². The van der Waals surface area contributed by atoms with Gasteiger partial charge in [-0.3, -0.25) is 9.59 Å². The fraction of sp³-hybridized carbons (Fsp3) is 0.0870. The highest BCUT2D eigenvalue weighted by atomic mass is 16.1. The summed E-state index contributed by atoms with van der Waals surface area (Å²) in [6, 6.07) is 26.1. The van der Waals surface area contributed by atoms with Crippen LogP contribution in [0.15, 0.2) is 89.7 Å². The first-order chi connectivity index (χ1) is 13.7. The van der Waals surface area contributed by atoms with Crippen LogP contribution in [0.5, 0.6) is 0 Å². The molecule has 0 atom stereocenters. The summed E-state index contributed by atoms with van der Waals surface area (Å²) in [5.74, 6) is -0.174. The average Bonchev–Trinajstić information content (AvgIpc) is 2.76. The number of fused-ring (bicyclic) bond motifs is 1. The molecule has 0 fully saturated rings. The Morgan fingerprint density at radius 3 is 2.14 bits per heavy atom. The Bertz CT molecular complexity index is 1170. The molecule has 28 heavy (non-hydrogen) atoms. The van der Waals surface area contributed by atoms with Gasteiger partial charge in [-0.1, -0.05) is 66.7 Å². The lowest BCUT2D eigenvalue weighted by Gasteiger charge is -2.12. The molecule has 1 amide bonds. The van der Waals surface area contributed by atoms with Crippen LogP contribution in [-0.4, -0.2) is 15.7 Å². The van der Waals surface area contributed by atoms with Crippen LogP contribution < -0.4 is 10.9 Å². The Morgan fingerprint density at radius 2 is 1.43 bits per heavy atom. The Labute approximate surface area is 162 Å². The number of carbonyl (C=O) groups is 1. The van der Waals surface area contributed by atoms with Gasteiger partial charge in [0.1, 0.15) is 0 Å². The number of nitrogens with zero attached hydrogens (tertiary/aromatic N) is 2. The van der Waals surface area contributed by atoms with E-state index < -0.39 is 0 Å². The molecule has 138 valence electrons. The highest BCUT2D eigenvalue weighted by molar-refractivity contribution is 5.94. The minimum atomic E-state index is -0.174. The molecule has 1 heterocycles. The van der Waals surface area contributed by atoms with Crippen molar-refractivity contribution in [2.75, 3.05) is 0 Å². The van der Waals surface area contributed by atoms with Crippen molar-refractivity contribution in [1.82, 2.24) is 15.1 Å². The van der Waals surface area contributed by atoms with Crippen LogP contribution in [0.25, 0.3) is 10.8 Å². The monoisotopic (exact) mass is 369 g/mol. The van der Waals surface area contributed by atoms with E-state index in [-0.39, 0.29) is 18.0 Å². The van der Waals surface area contributed by atoms with Crippen LogP contribution in [0.4, 0.5) is 0 Å². The molecule has 3 aromatic carbocycles. The van der Waals surface area contributed by atoms with Gasteiger partial charge in [-0.2, -0.15) is 5.10 Å². The topological polar surface area (TPSA) is 64.0 Å². The van der Waals surface area contributed by atoms with Crippen LogP contribution in [0.1, 0.15) is 21.6 Å². The van der Waals surface area contributed by atoms with Crippen molar-refractivity contribution in [3.05, 3.63) is 112 Å². The zero-order valence-electron chi connectivity index (χ0n) is 15.2. The van der Waals surface area contributed by atoms with Crippen molar-refractivity contribution in [2.24, 2.45) is 0 Å². The first-order valence-electron chi connectivity index (χ1n) is 9.08. The van der Waals surface area contributed by atoms with E-state index in [9.17, 15) is 9.59 Å². The molecule has 0 bridgehead atoms. The Balaban J connectivity index is 1.68. The van der Waals surface area contributed by atoms with Gasteiger partial charge in [-0.25, -0.2) is 4.68 Å². The second-order valence-corrected chi connectivity index (χ2v) is 6.49. The number of hydrogen-bond donors (Lipinski definition) is 1. The molecule has 4 aromatic rings. The maximum absolute atomic E-state index is 12.9. The number of carbonyl (C=O) groups excluding carboxylic acids is 1. The van der Waals surface area contributed by atoms with Crippen LogP contribution >= 0.6 is 0 Å². The van der Waals surface area contributed by atoms with Crippen LogP contribution in [-0.2, 0) is 13.1 Å². The van der Waals surface area contributed by atoms with Crippen molar-refractivity contribution in [3.63, 3.8) is 0 Å². The van der Waals surface area contributed by atoms with Gasteiger partial charge in [-0.05, 0) is 23.8 Å². The van der Waals surface area contributed by atoms with E-state index in [1.165, 1.54) is 4.68 Å². The van der Waals surface area contributed by atoms with E-state index >= 15 is 0 Å². The summed E-state index contributed by atoms with van der Waals surface area (Å²) >= 11 is 0. The lowest BCUT2D eigenvalue weighted by molar-refractivity contribution is 0.0950. The number of amides is 1. The zero-order chi connectivity index (χ0) is 19.3. The van der Waals surface area contributed by atoms with Crippen molar-refractivity contribution < 1.29 is 4.79 Å². The van der Waals surface area contributed by atoms with Crippen LogP contribution in [0, 0.1) is 0 Å². The third-order valence-electron chi connectivity index (χ3n) is 4.57. The molecule has 0 aliphatic heterocycles. The predicted octanol–water partition coefficient (Wildman–Crippen LogP) is 3.37. The van der Waals surface area contributed by atoms with E-state index in [0.29, 0.717) is 23.2 Å². The second-order valence-electron chi connectivity index (χ2n) is 6.49. The molecule has 0 unspecified atom stereocenters. The van der Waals surface area contributed by atoms with Gasteiger partial charge in [0.2, 0.25) is 0 Å². The predicted molar refractivity (Wildman–Crippen MR) is 109 cm³/mol. The van der Waals surface area contributed by atoms with Crippen molar-refractivity contribution >= 4 is 16.7 Å². The van der Waals surface area contributed by atoms with Crippen molar-refractivity contribution in [1.29, 1.82) is 0 Å². The van der Waals surface area contributed by atoms with Gasteiger partial charge in [0.15, 0.2) is 0 Å². The Hall–Kier alpha value is -3.73. The first kappa shape index (κ1) is 17.7. The summed E-state index contributed by atoms with van der Waals surface area (Å²) < 4.78 is 1.46. The third kappa shape index (κ3) is 3.69. The number of hydrogen-bond acceptors (Lipinski definition) is 3. The maximum Gasteiger partial charge on any atom is 0.274 e. The molecule has 5 heteroatoms. The summed E-state index contributed by atoms with van der Waals surface area (Å²) in [6.07, 6.45) is 0. The summed E-state index contributed by atoms with van der Waals surface area (Å²) in [7, 11) is 0. The lowest BCUT2D eigenvalue weighted by Crippen LogP contribution is -2.29. The number of aromatic nitrogens is 2.